The Morgan fingerprint density at radius 2 is 1.95 bits per heavy atom. The van der Waals surface area contributed by atoms with Crippen molar-refractivity contribution in [2.75, 3.05) is 24.6 Å². The van der Waals surface area contributed by atoms with Crippen LogP contribution in [0, 0.1) is 5.82 Å². The van der Waals surface area contributed by atoms with Crippen molar-refractivity contribution in [2.24, 2.45) is 0 Å². The molecule has 1 amide bonds. The lowest BCUT2D eigenvalue weighted by Gasteiger charge is -2.45. The predicted octanol–water partition coefficient (Wildman–Crippen LogP) is 5.23. The molecule has 3 atom stereocenters. The molecule has 0 aliphatic carbocycles. The molecule has 2 aromatic carbocycles. The van der Waals surface area contributed by atoms with Gasteiger partial charge in [-0.2, -0.15) is 10.1 Å². The van der Waals surface area contributed by atoms with E-state index in [2.05, 4.69) is 10.1 Å². The summed E-state index contributed by atoms with van der Waals surface area (Å²) in [4.78, 5) is 35.1. The highest BCUT2D eigenvalue weighted by molar-refractivity contribution is 6.35. The molecule has 2 aromatic heterocycles. The van der Waals surface area contributed by atoms with Crippen LogP contribution in [0.2, 0.25) is 5.02 Å². The van der Waals surface area contributed by atoms with Crippen LogP contribution in [0.5, 0.6) is 11.5 Å². The largest absolute Gasteiger partial charge is 0.507 e. The van der Waals surface area contributed by atoms with E-state index in [0.717, 1.165) is 0 Å². The molecule has 2 aliphatic heterocycles. The summed E-state index contributed by atoms with van der Waals surface area (Å²) in [7, 11) is 0. The normalized spacial score (nSPS) is 20.1. The summed E-state index contributed by atoms with van der Waals surface area (Å²) in [5.41, 5.74) is -0.745. The van der Waals surface area contributed by atoms with Crippen molar-refractivity contribution >= 4 is 34.4 Å². The molecule has 1 N–H and O–H groups in total. The van der Waals surface area contributed by atoms with E-state index in [4.69, 9.17) is 21.1 Å². The maximum atomic E-state index is 15.2. The second-order valence-corrected chi connectivity index (χ2v) is 12.8. The van der Waals surface area contributed by atoms with Gasteiger partial charge in [0.15, 0.2) is 5.75 Å². The number of hydrogen-bond acceptors (Lipinski definition) is 8. The molecular weight excluding hydrogens is 591 g/mol. The lowest BCUT2D eigenvalue weighted by atomic mass is 9.98. The fourth-order valence-corrected chi connectivity index (χ4v) is 6.32. The number of phenolic OH excluding ortho intramolecular Hbond substituents is 1. The summed E-state index contributed by atoms with van der Waals surface area (Å²) < 4.78 is 30.4. The average Bonchev–Trinajstić information content (AvgIpc) is 3.45. The summed E-state index contributed by atoms with van der Waals surface area (Å²) in [6, 6.07) is 6.42. The van der Waals surface area contributed by atoms with Crippen LogP contribution < -0.4 is 15.3 Å². The predicted molar refractivity (Wildman–Crippen MR) is 164 cm³/mol. The number of phenols is 1. The highest BCUT2D eigenvalue weighted by Crippen LogP contribution is 2.49. The van der Waals surface area contributed by atoms with Crippen molar-refractivity contribution in [1.82, 2.24) is 24.2 Å². The van der Waals surface area contributed by atoms with Gasteiger partial charge in [-0.05, 0) is 58.9 Å². The minimum Gasteiger partial charge on any atom is -0.507 e. The lowest BCUT2D eigenvalue weighted by molar-refractivity contribution is 0.0130. The van der Waals surface area contributed by atoms with E-state index in [-0.39, 0.29) is 46.3 Å². The first-order valence-corrected chi connectivity index (χ1v) is 14.8. The zero-order chi connectivity index (χ0) is 31.5. The Labute approximate surface area is 258 Å². The van der Waals surface area contributed by atoms with E-state index >= 15 is 4.39 Å². The molecule has 0 spiro atoms. The number of halogens is 2. The number of hydrogen-bond donors (Lipinski definition) is 1. The number of nitrogens with zero attached hydrogens (tertiary/aromatic N) is 6. The molecule has 13 heteroatoms. The number of aromatic nitrogens is 4. The molecule has 1 saturated heterocycles. The Morgan fingerprint density at radius 3 is 2.64 bits per heavy atom. The number of amides is 1. The topological polar surface area (TPSA) is 115 Å². The molecule has 1 fully saturated rings. The van der Waals surface area contributed by atoms with Gasteiger partial charge in [-0.15, -0.1) is 0 Å². The Morgan fingerprint density at radius 1 is 1.18 bits per heavy atom. The molecule has 6 rings (SSSR count). The van der Waals surface area contributed by atoms with E-state index in [0.29, 0.717) is 36.4 Å². The lowest BCUT2D eigenvalue weighted by Crippen LogP contribution is -2.59. The molecule has 0 bridgehead atoms. The van der Waals surface area contributed by atoms with Gasteiger partial charge in [-0.25, -0.2) is 14.0 Å². The quantitative estimate of drug-likeness (QED) is 0.328. The van der Waals surface area contributed by atoms with Crippen LogP contribution in [0.3, 0.4) is 0 Å². The van der Waals surface area contributed by atoms with Crippen molar-refractivity contribution in [3.63, 3.8) is 0 Å². The van der Waals surface area contributed by atoms with Gasteiger partial charge in [0.1, 0.15) is 29.6 Å². The van der Waals surface area contributed by atoms with Crippen molar-refractivity contribution in [3.8, 4) is 22.6 Å². The smallest absolute Gasteiger partial charge is 0.410 e. The molecule has 4 aromatic rings. The van der Waals surface area contributed by atoms with Crippen LogP contribution in [0.25, 0.3) is 22.0 Å². The van der Waals surface area contributed by atoms with Gasteiger partial charge in [0.25, 0.3) is 0 Å². The highest BCUT2D eigenvalue weighted by atomic mass is 35.5. The average molecular weight is 625 g/mol. The van der Waals surface area contributed by atoms with Crippen LogP contribution in [0.4, 0.5) is 15.0 Å². The van der Waals surface area contributed by atoms with Crippen LogP contribution in [-0.2, 0) is 11.3 Å². The van der Waals surface area contributed by atoms with E-state index in [1.54, 1.807) is 38.7 Å². The number of benzene rings is 2. The number of carbonyl (C=O) groups is 1. The van der Waals surface area contributed by atoms with E-state index < -0.39 is 29.2 Å². The fourth-order valence-electron chi connectivity index (χ4n) is 6.03. The van der Waals surface area contributed by atoms with Gasteiger partial charge in [-0.1, -0.05) is 17.7 Å². The molecule has 4 heterocycles. The van der Waals surface area contributed by atoms with E-state index in [9.17, 15) is 14.7 Å². The molecule has 232 valence electrons. The zero-order valence-corrected chi connectivity index (χ0v) is 25.9. The summed E-state index contributed by atoms with van der Waals surface area (Å²) in [5, 5.41) is 15.6. The molecular formula is C31H34ClFN6O5. The van der Waals surface area contributed by atoms with Crippen LogP contribution in [0.1, 0.15) is 40.7 Å². The number of aromatic hydroxyl groups is 1. The molecule has 11 nitrogen and oxygen atoms in total. The maximum Gasteiger partial charge on any atom is 0.410 e. The summed E-state index contributed by atoms with van der Waals surface area (Å²) in [5.74, 6) is -0.444. The van der Waals surface area contributed by atoms with Gasteiger partial charge in [0.2, 0.25) is 0 Å². The van der Waals surface area contributed by atoms with Gasteiger partial charge in [0.05, 0.1) is 34.3 Å². The standard InChI is InChI=1S/C31H34ClFN6O5/c1-17-14-38(30(42)44-31(3,4)5)18(2)13-37(17)28-20-12-21(32)24(25-22(33)8-6-9-23(25)40)27-26(20)39(29(41)35-28)19(16-43-27)15-36-11-7-10-34-36/h6-12,17-19,40H,13-16H2,1-5H3/t17-,18+,19+/m0/s1. The number of piperazine rings is 1. The number of anilines is 1. The molecule has 0 radical (unpaired) electrons. The minimum atomic E-state index is -0.686. The second-order valence-electron chi connectivity index (χ2n) is 12.4. The first kappa shape index (κ1) is 29.7. The first-order chi connectivity index (χ1) is 20.8. The fraction of sp³-hybridized carbons (Fsp3) is 0.419. The Kier molecular flexibility index (Phi) is 7.43. The van der Waals surface area contributed by atoms with Gasteiger partial charge >= 0.3 is 11.8 Å². The third-order valence-corrected chi connectivity index (χ3v) is 8.26. The maximum absolute atomic E-state index is 15.2. The third-order valence-electron chi connectivity index (χ3n) is 7.97. The monoisotopic (exact) mass is 624 g/mol. The zero-order valence-electron chi connectivity index (χ0n) is 25.1. The summed E-state index contributed by atoms with van der Waals surface area (Å²) in [6.45, 7) is 10.4. The van der Waals surface area contributed by atoms with Crippen molar-refractivity contribution in [3.05, 3.63) is 64.0 Å². The Bertz CT molecular complexity index is 1780. The third kappa shape index (κ3) is 5.21. The molecule has 44 heavy (non-hydrogen) atoms. The summed E-state index contributed by atoms with van der Waals surface area (Å²) in [6.07, 6.45) is 3.03. The number of carbonyl (C=O) groups excluding carboxylic acids is 1. The van der Waals surface area contributed by atoms with Crippen molar-refractivity contribution < 1.29 is 23.8 Å². The second kappa shape index (κ2) is 11.0. The number of ether oxygens (including phenoxy) is 2. The molecule has 0 saturated carbocycles. The first-order valence-electron chi connectivity index (χ1n) is 14.5. The molecule has 2 aliphatic rings. The van der Waals surface area contributed by atoms with Gasteiger partial charge in [0, 0.05) is 43.0 Å². The van der Waals surface area contributed by atoms with E-state index in [1.165, 1.54) is 18.2 Å². The summed E-state index contributed by atoms with van der Waals surface area (Å²) >= 11 is 6.86. The van der Waals surface area contributed by atoms with Crippen LogP contribution in [-0.4, -0.2) is 72.8 Å². The molecule has 0 unspecified atom stereocenters. The Hall–Kier alpha value is -4.32. The van der Waals surface area contributed by atoms with E-state index in [1.807, 2.05) is 39.5 Å². The van der Waals surface area contributed by atoms with Gasteiger partial charge < -0.3 is 24.4 Å². The SMILES string of the molecule is C[C@@H]1CN(c2nc(=O)n3c4c(c(-c5c(O)cccc5F)c(Cl)cc24)OC[C@H]3Cn2cccn2)[C@@H](C)CN1C(=O)OC(C)(C)C. The van der Waals surface area contributed by atoms with Crippen molar-refractivity contribution in [2.45, 2.75) is 64.9 Å². The Balaban J connectivity index is 1.52. The van der Waals surface area contributed by atoms with Crippen LogP contribution in [0.15, 0.2) is 47.5 Å². The van der Waals surface area contributed by atoms with Gasteiger partial charge in [-0.3, -0.25) is 9.25 Å². The van der Waals surface area contributed by atoms with Crippen LogP contribution >= 0.6 is 11.6 Å². The highest BCUT2D eigenvalue weighted by Gasteiger charge is 2.38. The number of rotatable bonds is 4. The van der Waals surface area contributed by atoms with Crippen molar-refractivity contribution in [1.29, 1.82) is 0 Å². The minimum absolute atomic E-state index is 0.0629.